The van der Waals surface area contributed by atoms with Crippen LogP contribution < -0.4 is 0 Å². The Kier molecular flexibility index (Phi) is 3.87. The van der Waals surface area contributed by atoms with Gasteiger partial charge in [0.15, 0.2) is 5.76 Å². The predicted octanol–water partition coefficient (Wildman–Crippen LogP) is 3.32. The summed E-state index contributed by atoms with van der Waals surface area (Å²) in [7, 11) is 0. The van der Waals surface area contributed by atoms with E-state index in [0.29, 0.717) is 11.7 Å². The van der Waals surface area contributed by atoms with Crippen LogP contribution in [-0.4, -0.2) is 28.9 Å². The molecule has 1 aliphatic heterocycles. The molecule has 0 aromatic carbocycles. The molecule has 2 aromatic rings. The summed E-state index contributed by atoms with van der Waals surface area (Å²) in [6.45, 7) is 3.67. The van der Waals surface area contributed by atoms with Crippen molar-refractivity contribution < 1.29 is 9.21 Å². The maximum Gasteiger partial charge on any atom is 0.289 e. The number of carbonyl (C=O) groups excluding carboxylic acids is 1. The molecule has 1 amide bonds. The number of nitrogens with zero attached hydrogens (tertiary/aromatic N) is 2. The molecule has 3 heterocycles. The summed E-state index contributed by atoms with van der Waals surface area (Å²) < 4.78 is 5.21. The number of aromatic nitrogens is 1. The molecule has 20 heavy (non-hydrogen) atoms. The number of thiazole rings is 1. The summed E-state index contributed by atoms with van der Waals surface area (Å²) in [5.74, 6) is 0.791. The van der Waals surface area contributed by atoms with Gasteiger partial charge >= 0.3 is 0 Å². The summed E-state index contributed by atoms with van der Waals surface area (Å²) in [5, 5.41) is 3.29. The summed E-state index contributed by atoms with van der Waals surface area (Å²) in [5.41, 5.74) is 1.15. The molecule has 0 N–H and O–H groups in total. The molecule has 1 atom stereocenters. The zero-order chi connectivity index (χ0) is 13.9. The summed E-state index contributed by atoms with van der Waals surface area (Å²) in [4.78, 5) is 18.9. The first-order chi connectivity index (χ1) is 9.78. The first-order valence-electron chi connectivity index (χ1n) is 7.05. The molecule has 0 bridgehead atoms. The molecule has 4 nitrogen and oxygen atoms in total. The number of likely N-dealkylation sites (tertiary alicyclic amines) is 1. The Bertz CT molecular complexity index is 576. The normalized spacial score (nSPS) is 19.2. The van der Waals surface area contributed by atoms with Gasteiger partial charge in [-0.3, -0.25) is 4.79 Å². The average molecular weight is 290 g/mol. The van der Waals surface area contributed by atoms with Crippen LogP contribution in [0.3, 0.4) is 0 Å². The number of aryl methyl sites for hydroxylation is 1. The van der Waals surface area contributed by atoms with Crippen LogP contribution in [0.1, 0.15) is 46.9 Å². The summed E-state index contributed by atoms with van der Waals surface area (Å²) in [6, 6.07) is 3.48. The molecule has 3 rings (SSSR count). The minimum absolute atomic E-state index is 0.00743. The van der Waals surface area contributed by atoms with Crippen molar-refractivity contribution in [1.29, 1.82) is 0 Å². The van der Waals surface area contributed by atoms with Gasteiger partial charge in [0, 0.05) is 24.4 Å². The minimum Gasteiger partial charge on any atom is -0.459 e. The van der Waals surface area contributed by atoms with E-state index in [0.717, 1.165) is 38.0 Å². The molecule has 0 spiro atoms. The highest BCUT2D eigenvalue weighted by molar-refractivity contribution is 7.09. The molecule has 0 saturated carbocycles. The first-order valence-corrected chi connectivity index (χ1v) is 7.93. The van der Waals surface area contributed by atoms with Gasteiger partial charge in [0.1, 0.15) is 0 Å². The fraction of sp³-hybridized carbons (Fsp3) is 0.467. The van der Waals surface area contributed by atoms with Crippen LogP contribution in [0.5, 0.6) is 0 Å². The van der Waals surface area contributed by atoms with Crippen LogP contribution >= 0.6 is 11.3 Å². The van der Waals surface area contributed by atoms with E-state index in [1.54, 1.807) is 29.7 Å². The topological polar surface area (TPSA) is 46.3 Å². The third-order valence-corrected chi connectivity index (χ3v) is 4.78. The zero-order valence-electron chi connectivity index (χ0n) is 11.5. The van der Waals surface area contributed by atoms with E-state index in [4.69, 9.17) is 4.42 Å². The van der Waals surface area contributed by atoms with Crippen molar-refractivity contribution in [3.63, 3.8) is 0 Å². The number of piperidine rings is 1. The lowest BCUT2D eigenvalue weighted by Crippen LogP contribution is -2.38. The van der Waals surface area contributed by atoms with Gasteiger partial charge in [-0.15, -0.1) is 11.3 Å². The molecule has 1 aliphatic rings. The number of furan rings is 1. The molecular formula is C15H18N2O2S. The largest absolute Gasteiger partial charge is 0.459 e. The van der Waals surface area contributed by atoms with Crippen LogP contribution in [0.4, 0.5) is 0 Å². The number of rotatable bonds is 3. The molecule has 1 saturated heterocycles. The van der Waals surface area contributed by atoms with Crippen LogP contribution in [-0.2, 0) is 6.42 Å². The van der Waals surface area contributed by atoms with Gasteiger partial charge < -0.3 is 9.32 Å². The van der Waals surface area contributed by atoms with Crippen molar-refractivity contribution >= 4 is 17.2 Å². The SMILES string of the molecule is CCc1csc([C@@H]2CCCN(C(=O)c3ccco3)C2)n1. The second-order valence-electron chi connectivity index (χ2n) is 5.10. The smallest absolute Gasteiger partial charge is 0.289 e. The van der Waals surface area contributed by atoms with Crippen molar-refractivity contribution in [2.24, 2.45) is 0 Å². The Labute approximate surface area is 122 Å². The Morgan fingerprint density at radius 1 is 1.60 bits per heavy atom. The van der Waals surface area contributed by atoms with Crippen molar-refractivity contribution in [3.05, 3.63) is 40.2 Å². The van der Waals surface area contributed by atoms with Crippen LogP contribution in [0.25, 0.3) is 0 Å². The van der Waals surface area contributed by atoms with Crippen LogP contribution in [0.15, 0.2) is 28.2 Å². The van der Waals surface area contributed by atoms with Crippen molar-refractivity contribution in [2.45, 2.75) is 32.1 Å². The third-order valence-electron chi connectivity index (χ3n) is 3.72. The van der Waals surface area contributed by atoms with Gasteiger partial charge in [-0.25, -0.2) is 4.98 Å². The number of hydrogen-bond acceptors (Lipinski definition) is 4. The zero-order valence-corrected chi connectivity index (χ0v) is 12.4. The second-order valence-corrected chi connectivity index (χ2v) is 5.99. The highest BCUT2D eigenvalue weighted by Crippen LogP contribution is 2.30. The van der Waals surface area contributed by atoms with E-state index in [-0.39, 0.29) is 5.91 Å². The van der Waals surface area contributed by atoms with E-state index >= 15 is 0 Å². The lowest BCUT2D eigenvalue weighted by atomic mass is 9.98. The van der Waals surface area contributed by atoms with Crippen LogP contribution in [0.2, 0.25) is 0 Å². The average Bonchev–Trinajstić information content (AvgIpc) is 3.17. The van der Waals surface area contributed by atoms with Gasteiger partial charge in [0.25, 0.3) is 5.91 Å². The predicted molar refractivity (Wildman–Crippen MR) is 78.1 cm³/mol. The number of amides is 1. The van der Waals surface area contributed by atoms with E-state index in [1.807, 2.05) is 4.90 Å². The molecular weight excluding hydrogens is 272 g/mol. The van der Waals surface area contributed by atoms with Gasteiger partial charge in [-0.05, 0) is 31.4 Å². The van der Waals surface area contributed by atoms with Gasteiger partial charge in [0.2, 0.25) is 0 Å². The maximum atomic E-state index is 12.3. The third kappa shape index (κ3) is 2.63. The molecule has 0 unspecified atom stereocenters. The van der Waals surface area contributed by atoms with Gasteiger partial charge in [-0.2, -0.15) is 0 Å². The quantitative estimate of drug-likeness (QED) is 0.871. The second kappa shape index (κ2) is 5.79. The lowest BCUT2D eigenvalue weighted by Gasteiger charge is -2.31. The van der Waals surface area contributed by atoms with E-state index in [2.05, 4.69) is 17.3 Å². The number of carbonyl (C=O) groups is 1. The monoisotopic (exact) mass is 290 g/mol. The maximum absolute atomic E-state index is 12.3. The minimum atomic E-state index is -0.00743. The Balaban J connectivity index is 1.71. The molecule has 0 radical (unpaired) electrons. The fourth-order valence-corrected chi connectivity index (χ4v) is 3.62. The molecule has 0 aliphatic carbocycles. The van der Waals surface area contributed by atoms with E-state index in [9.17, 15) is 4.79 Å². The highest BCUT2D eigenvalue weighted by atomic mass is 32.1. The van der Waals surface area contributed by atoms with Gasteiger partial charge in [0.05, 0.1) is 17.0 Å². The Morgan fingerprint density at radius 3 is 3.20 bits per heavy atom. The molecule has 2 aromatic heterocycles. The summed E-state index contributed by atoms with van der Waals surface area (Å²) in [6.07, 6.45) is 4.65. The first kappa shape index (κ1) is 13.4. The van der Waals surface area contributed by atoms with Crippen LogP contribution in [0, 0.1) is 0 Å². The van der Waals surface area contributed by atoms with E-state index in [1.165, 1.54) is 5.01 Å². The molecule has 5 heteroatoms. The fourth-order valence-electron chi connectivity index (χ4n) is 2.59. The molecule has 106 valence electrons. The molecule has 1 fully saturated rings. The van der Waals surface area contributed by atoms with Crippen molar-refractivity contribution in [2.75, 3.05) is 13.1 Å². The number of hydrogen-bond donors (Lipinski definition) is 0. The highest BCUT2D eigenvalue weighted by Gasteiger charge is 2.28. The Morgan fingerprint density at radius 2 is 2.50 bits per heavy atom. The van der Waals surface area contributed by atoms with Gasteiger partial charge in [-0.1, -0.05) is 6.92 Å². The van der Waals surface area contributed by atoms with Crippen molar-refractivity contribution in [1.82, 2.24) is 9.88 Å². The van der Waals surface area contributed by atoms with E-state index < -0.39 is 0 Å². The standard InChI is InChI=1S/C15H18N2O2S/c1-2-12-10-20-14(16-12)11-5-3-7-17(9-11)15(18)13-6-4-8-19-13/h4,6,8,10-11H,2-3,5,7,9H2,1H3/t11-/m1/s1. The Hall–Kier alpha value is -1.62. The lowest BCUT2D eigenvalue weighted by molar-refractivity contribution is 0.0675. The van der Waals surface area contributed by atoms with Crippen molar-refractivity contribution in [3.8, 4) is 0 Å². The summed E-state index contributed by atoms with van der Waals surface area (Å²) >= 11 is 1.72.